The fraction of sp³-hybridized carbons (Fsp3) is 0.538. The first-order chi connectivity index (χ1) is 16.7. The summed E-state index contributed by atoms with van der Waals surface area (Å²) in [4.78, 5) is 46.8. The van der Waals surface area contributed by atoms with E-state index in [2.05, 4.69) is 25.8 Å². The molecule has 3 heterocycles. The molecule has 9 nitrogen and oxygen atoms in total. The SMILES string of the molecule is COCCn1cnc2c1c(=O)n(CC(=O)N1CCCC1CC(C)(C)C)c(=O)n2Cc1ccccc1. The topological polar surface area (TPSA) is 91.4 Å². The van der Waals surface area contributed by atoms with Crippen LogP contribution in [0.1, 0.15) is 45.6 Å². The second kappa shape index (κ2) is 10.2. The molecule has 1 aromatic carbocycles. The van der Waals surface area contributed by atoms with Crippen LogP contribution in [0.5, 0.6) is 0 Å². The van der Waals surface area contributed by atoms with Crippen molar-refractivity contribution in [2.75, 3.05) is 20.3 Å². The van der Waals surface area contributed by atoms with E-state index in [0.717, 1.165) is 29.4 Å². The molecule has 1 saturated heterocycles. The van der Waals surface area contributed by atoms with Gasteiger partial charge in [0.15, 0.2) is 11.2 Å². The number of hydrogen-bond acceptors (Lipinski definition) is 5. The maximum absolute atomic E-state index is 13.6. The van der Waals surface area contributed by atoms with Crippen LogP contribution in [-0.4, -0.2) is 55.8 Å². The van der Waals surface area contributed by atoms with Gasteiger partial charge in [0.1, 0.15) is 6.54 Å². The Hall–Kier alpha value is -3.20. The summed E-state index contributed by atoms with van der Waals surface area (Å²) in [5.41, 5.74) is 0.586. The van der Waals surface area contributed by atoms with Crippen molar-refractivity contribution in [3.8, 4) is 0 Å². The molecule has 1 fully saturated rings. The molecular formula is C26H35N5O4. The summed E-state index contributed by atoms with van der Waals surface area (Å²) >= 11 is 0. The van der Waals surface area contributed by atoms with Crippen molar-refractivity contribution in [3.63, 3.8) is 0 Å². The molecule has 1 aliphatic rings. The number of likely N-dealkylation sites (tertiary alicyclic amines) is 1. The highest BCUT2D eigenvalue weighted by Crippen LogP contribution is 2.30. The molecule has 1 unspecified atom stereocenters. The molecule has 0 N–H and O–H groups in total. The molecule has 188 valence electrons. The van der Waals surface area contributed by atoms with E-state index in [4.69, 9.17) is 4.74 Å². The zero-order valence-corrected chi connectivity index (χ0v) is 21.1. The minimum Gasteiger partial charge on any atom is -0.383 e. The maximum atomic E-state index is 13.6. The maximum Gasteiger partial charge on any atom is 0.333 e. The van der Waals surface area contributed by atoms with E-state index in [1.165, 1.54) is 4.57 Å². The average Bonchev–Trinajstić information content (AvgIpc) is 3.44. The van der Waals surface area contributed by atoms with E-state index in [1.807, 2.05) is 35.2 Å². The monoisotopic (exact) mass is 481 g/mol. The molecule has 3 aromatic rings. The first-order valence-electron chi connectivity index (χ1n) is 12.2. The number of imidazole rings is 1. The Balaban J connectivity index is 1.76. The van der Waals surface area contributed by atoms with Gasteiger partial charge in [-0.1, -0.05) is 51.1 Å². The number of carbonyl (C=O) groups excluding carboxylic acids is 1. The van der Waals surface area contributed by atoms with Gasteiger partial charge in [-0.05, 0) is 30.2 Å². The highest BCUT2D eigenvalue weighted by Gasteiger charge is 2.32. The lowest BCUT2D eigenvalue weighted by atomic mass is 9.87. The van der Waals surface area contributed by atoms with Crippen LogP contribution in [0.3, 0.4) is 0 Å². The van der Waals surface area contributed by atoms with E-state index >= 15 is 0 Å². The minimum atomic E-state index is -0.525. The van der Waals surface area contributed by atoms with Crippen molar-refractivity contribution >= 4 is 17.1 Å². The Labute approximate surface area is 204 Å². The Morgan fingerprint density at radius 2 is 1.89 bits per heavy atom. The summed E-state index contributed by atoms with van der Waals surface area (Å²) in [5, 5.41) is 0. The number of methoxy groups -OCH3 is 1. The van der Waals surface area contributed by atoms with Crippen LogP contribution in [0.25, 0.3) is 11.2 Å². The molecule has 4 rings (SSSR count). The van der Waals surface area contributed by atoms with Crippen molar-refractivity contribution < 1.29 is 9.53 Å². The Bertz CT molecular complexity index is 1300. The standard InChI is InChI=1S/C26H35N5O4/c1-26(2,3)15-20-11-8-12-29(20)21(32)17-31-24(33)22-23(27-18-28(22)13-14-35-4)30(25(31)34)16-19-9-6-5-7-10-19/h5-7,9-10,18,20H,8,11-17H2,1-4H3. The summed E-state index contributed by atoms with van der Waals surface area (Å²) in [7, 11) is 1.59. The van der Waals surface area contributed by atoms with Crippen LogP contribution >= 0.6 is 0 Å². The number of aromatic nitrogens is 4. The molecule has 35 heavy (non-hydrogen) atoms. The van der Waals surface area contributed by atoms with E-state index in [-0.39, 0.29) is 30.5 Å². The number of fused-ring (bicyclic) bond motifs is 1. The molecule has 0 spiro atoms. The van der Waals surface area contributed by atoms with E-state index in [0.29, 0.717) is 30.9 Å². The highest BCUT2D eigenvalue weighted by atomic mass is 16.5. The van der Waals surface area contributed by atoms with Gasteiger partial charge in [0.25, 0.3) is 5.56 Å². The van der Waals surface area contributed by atoms with Gasteiger partial charge >= 0.3 is 5.69 Å². The second-order valence-corrected chi connectivity index (χ2v) is 10.5. The van der Waals surface area contributed by atoms with Crippen molar-refractivity contribution in [1.29, 1.82) is 0 Å². The number of benzene rings is 1. The first kappa shape index (κ1) is 24.9. The number of rotatable bonds is 8. The van der Waals surface area contributed by atoms with Crippen molar-refractivity contribution in [3.05, 3.63) is 63.1 Å². The summed E-state index contributed by atoms with van der Waals surface area (Å²) < 4.78 is 9.44. The highest BCUT2D eigenvalue weighted by molar-refractivity contribution is 5.77. The zero-order valence-electron chi connectivity index (χ0n) is 21.1. The van der Waals surface area contributed by atoms with Gasteiger partial charge in [-0.2, -0.15) is 0 Å². The molecule has 2 aromatic heterocycles. The van der Waals surface area contributed by atoms with Crippen LogP contribution in [0, 0.1) is 5.41 Å². The molecule has 1 atom stereocenters. The molecule has 9 heteroatoms. The number of hydrogen-bond donors (Lipinski definition) is 0. The smallest absolute Gasteiger partial charge is 0.333 e. The summed E-state index contributed by atoms with van der Waals surface area (Å²) in [6, 6.07) is 9.67. The molecule has 1 aliphatic heterocycles. The van der Waals surface area contributed by atoms with E-state index in [1.54, 1.807) is 18.0 Å². The Morgan fingerprint density at radius 1 is 1.14 bits per heavy atom. The number of ether oxygens (including phenoxy) is 1. The molecule has 0 aliphatic carbocycles. The first-order valence-corrected chi connectivity index (χ1v) is 12.2. The number of amides is 1. The van der Waals surface area contributed by atoms with Crippen molar-refractivity contribution in [2.45, 2.75) is 65.7 Å². The largest absolute Gasteiger partial charge is 0.383 e. The van der Waals surface area contributed by atoms with Crippen molar-refractivity contribution in [2.24, 2.45) is 5.41 Å². The molecule has 0 bridgehead atoms. The third-order valence-corrected chi connectivity index (χ3v) is 6.54. The summed E-state index contributed by atoms with van der Waals surface area (Å²) in [6.45, 7) is 7.92. The van der Waals surface area contributed by atoms with Gasteiger partial charge in [-0.3, -0.25) is 14.2 Å². The van der Waals surface area contributed by atoms with Gasteiger partial charge in [-0.15, -0.1) is 0 Å². The van der Waals surface area contributed by atoms with Crippen LogP contribution in [0.15, 0.2) is 46.2 Å². The lowest BCUT2D eigenvalue weighted by Crippen LogP contribution is -2.46. The van der Waals surface area contributed by atoms with Gasteiger partial charge in [0.05, 0.1) is 19.5 Å². The zero-order chi connectivity index (χ0) is 25.2. The quantitative estimate of drug-likeness (QED) is 0.493. The fourth-order valence-electron chi connectivity index (χ4n) is 4.96. The molecule has 0 saturated carbocycles. The predicted molar refractivity (Wildman–Crippen MR) is 134 cm³/mol. The lowest BCUT2D eigenvalue weighted by Gasteiger charge is -2.30. The molecule has 1 amide bonds. The normalized spacial score (nSPS) is 16.3. The molecular weight excluding hydrogens is 446 g/mol. The predicted octanol–water partition coefficient (Wildman–Crippen LogP) is 2.48. The summed E-state index contributed by atoms with van der Waals surface area (Å²) in [5.74, 6) is -0.190. The van der Waals surface area contributed by atoms with Gasteiger partial charge in [0.2, 0.25) is 5.91 Å². The van der Waals surface area contributed by atoms with Crippen LogP contribution in [-0.2, 0) is 29.2 Å². The van der Waals surface area contributed by atoms with Gasteiger partial charge in [0, 0.05) is 26.2 Å². The minimum absolute atomic E-state index is 0.0829. The molecule has 0 radical (unpaired) electrons. The third kappa shape index (κ3) is 5.40. The van der Waals surface area contributed by atoms with Gasteiger partial charge in [-0.25, -0.2) is 14.3 Å². The number of nitrogens with zero attached hydrogens (tertiary/aromatic N) is 5. The Kier molecular flexibility index (Phi) is 7.25. The lowest BCUT2D eigenvalue weighted by molar-refractivity contribution is -0.133. The van der Waals surface area contributed by atoms with Crippen LogP contribution < -0.4 is 11.2 Å². The average molecular weight is 482 g/mol. The third-order valence-electron chi connectivity index (χ3n) is 6.54. The Morgan fingerprint density at radius 3 is 2.57 bits per heavy atom. The van der Waals surface area contributed by atoms with Crippen LogP contribution in [0.2, 0.25) is 0 Å². The van der Waals surface area contributed by atoms with E-state index in [9.17, 15) is 14.4 Å². The van der Waals surface area contributed by atoms with Crippen molar-refractivity contribution in [1.82, 2.24) is 23.6 Å². The summed E-state index contributed by atoms with van der Waals surface area (Å²) in [6.07, 6.45) is 4.31. The number of carbonyl (C=O) groups is 1. The van der Waals surface area contributed by atoms with Gasteiger partial charge < -0.3 is 14.2 Å². The van der Waals surface area contributed by atoms with Crippen LogP contribution in [0.4, 0.5) is 0 Å². The second-order valence-electron chi connectivity index (χ2n) is 10.5. The van der Waals surface area contributed by atoms with E-state index < -0.39 is 11.2 Å². The fourth-order valence-corrected chi connectivity index (χ4v) is 4.96.